The quantitative estimate of drug-likeness (QED) is 0.0637. The number of aliphatic carboxylic acids is 2. The van der Waals surface area contributed by atoms with E-state index in [1.165, 1.54) is 14.2 Å². The number of ether oxygens (including phenoxy) is 4. The first-order valence-corrected chi connectivity index (χ1v) is 17.5. The van der Waals surface area contributed by atoms with E-state index in [1.807, 2.05) is 38.1 Å². The molecule has 4 aromatic rings. The number of benzene rings is 2. The number of nitrogens with zero attached hydrogens (tertiary/aromatic N) is 2. The van der Waals surface area contributed by atoms with Gasteiger partial charge in [0.25, 0.3) is 0 Å². The van der Waals surface area contributed by atoms with Crippen molar-refractivity contribution >= 4 is 35.1 Å². The number of pyridine rings is 2. The van der Waals surface area contributed by atoms with Gasteiger partial charge in [0, 0.05) is 37.1 Å². The van der Waals surface area contributed by atoms with Gasteiger partial charge < -0.3 is 39.8 Å². The van der Waals surface area contributed by atoms with Crippen molar-refractivity contribution in [2.24, 2.45) is 0 Å². The maximum atomic E-state index is 10.8. The molecule has 14 heteroatoms. The van der Waals surface area contributed by atoms with E-state index in [2.05, 4.69) is 32.7 Å². The number of carboxylic acid groups (broad SMARTS) is 2. The molecule has 12 nitrogen and oxygen atoms in total. The molecule has 278 valence electrons. The Morgan fingerprint density at radius 3 is 1.42 bits per heavy atom. The number of methoxy groups -OCH3 is 2. The third-order valence-electron chi connectivity index (χ3n) is 8.38. The Labute approximate surface area is 313 Å². The van der Waals surface area contributed by atoms with Gasteiger partial charge in [-0.25, -0.2) is 0 Å². The summed E-state index contributed by atoms with van der Waals surface area (Å²) in [5.74, 6) is -0.420. The highest BCUT2D eigenvalue weighted by Crippen LogP contribution is 2.34. The minimum Gasteiger partial charge on any atom is -0.481 e. The molecule has 0 amide bonds. The van der Waals surface area contributed by atoms with Crippen LogP contribution in [0.5, 0.6) is 23.5 Å². The van der Waals surface area contributed by atoms with Crippen LogP contribution in [0.15, 0.2) is 48.5 Å². The fourth-order valence-corrected chi connectivity index (χ4v) is 5.98. The highest BCUT2D eigenvalue weighted by molar-refractivity contribution is 6.32. The number of carbonyl (C=O) groups is 2. The lowest BCUT2D eigenvalue weighted by Crippen LogP contribution is -2.17. The van der Waals surface area contributed by atoms with Crippen molar-refractivity contribution in [3.63, 3.8) is 0 Å². The van der Waals surface area contributed by atoms with Crippen LogP contribution in [0, 0.1) is 13.8 Å². The Balaban J connectivity index is 1.43. The second-order valence-corrected chi connectivity index (χ2v) is 12.8. The summed E-state index contributed by atoms with van der Waals surface area (Å²) in [6.07, 6.45) is 1.20. The fraction of sp³-hybridized carbons (Fsp3) is 0.368. The number of hydrogen-bond donors (Lipinski definition) is 4. The summed E-state index contributed by atoms with van der Waals surface area (Å²) >= 11 is 13.1. The third kappa shape index (κ3) is 11.2. The molecular formula is C38H44Cl2N4O8. The van der Waals surface area contributed by atoms with Gasteiger partial charge in [0.15, 0.2) is 0 Å². The standard InChI is InChI=1S/C38H44Cl2N4O8/c1-23-25(21-51-37-31(39)17-27(35(43-37)49-3)19-41-15-7-13-33(45)46)9-5-11-29(23)30-12-6-10-26(24(30)2)22-52-38-32(40)18-28(36(44-38)50-4)20-42-16-8-14-34(47)48/h5-6,9-12,17-18,41-42H,7-8,13-16,19-22H2,1-4H3,(H,45,46)(H,47,48). The normalized spacial score (nSPS) is 11.0. The number of halogens is 2. The summed E-state index contributed by atoms with van der Waals surface area (Å²) in [4.78, 5) is 30.5. The van der Waals surface area contributed by atoms with Crippen molar-refractivity contribution in [1.82, 2.24) is 20.6 Å². The smallest absolute Gasteiger partial charge is 0.303 e. The molecule has 0 unspecified atom stereocenters. The SMILES string of the molecule is COc1nc(OCc2cccc(-c3cccc(COc4nc(OC)c(CNCCCC(=O)O)cc4Cl)c3C)c2C)c(Cl)cc1CNCCCC(=O)O. The maximum Gasteiger partial charge on any atom is 0.303 e. The van der Waals surface area contributed by atoms with Crippen molar-refractivity contribution in [2.45, 2.75) is 65.8 Å². The van der Waals surface area contributed by atoms with Gasteiger partial charge in [0.05, 0.1) is 14.2 Å². The zero-order chi connectivity index (χ0) is 37.6. The van der Waals surface area contributed by atoms with E-state index >= 15 is 0 Å². The summed E-state index contributed by atoms with van der Waals surface area (Å²) in [6.45, 7) is 6.44. The van der Waals surface area contributed by atoms with Gasteiger partial charge in [-0.3, -0.25) is 9.59 Å². The van der Waals surface area contributed by atoms with E-state index < -0.39 is 11.9 Å². The summed E-state index contributed by atoms with van der Waals surface area (Å²) in [7, 11) is 3.05. The Hall–Kier alpha value is -4.62. The summed E-state index contributed by atoms with van der Waals surface area (Å²) in [6, 6.07) is 15.6. The number of nitrogens with one attached hydrogen (secondary N) is 2. The molecule has 4 N–H and O–H groups in total. The lowest BCUT2D eigenvalue weighted by Gasteiger charge is -2.17. The minimum atomic E-state index is -0.831. The maximum absolute atomic E-state index is 10.8. The van der Waals surface area contributed by atoms with E-state index in [0.29, 0.717) is 60.8 Å². The van der Waals surface area contributed by atoms with Crippen LogP contribution in [-0.2, 0) is 35.9 Å². The Kier molecular flexibility index (Phi) is 15.3. The van der Waals surface area contributed by atoms with E-state index in [9.17, 15) is 9.59 Å². The zero-order valence-electron chi connectivity index (χ0n) is 29.7. The Bertz CT molecular complexity index is 1720. The predicted molar refractivity (Wildman–Crippen MR) is 199 cm³/mol. The van der Waals surface area contributed by atoms with Crippen LogP contribution in [0.25, 0.3) is 11.1 Å². The van der Waals surface area contributed by atoms with Crippen LogP contribution in [0.3, 0.4) is 0 Å². The molecule has 0 fully saturated rings. The van der Waals surface area contributed by atoms with Crippen molar-refractivity contribution in [3.05, 3.63) is 92.0 Å². The van der Waals surface area contributed by atoms with E-state index in [4.69, 9.17) is 52.4 Å². The summed E-state index contributed by atoms with van der Waals surface area (Å²) < 4.78 is 23.2. The first-order chi connectivity index (χ1) is 25.0. The highest BCUT2D eigenvalue weighted by Gasteiger charge is 2.17. The molecule has 2 heterocycles. The second kappa shape index (κ2) is 19.8. The first kappa shape index (κ1) is 40.2. The van der Waals surface area contributed by atoms with Gasteiger partial charge in [0.1, 0.15) is 23.3 Å². The number of hydrogen-bond acceptors (Lipinski definition) is 10. The molecule has 2 aromatic carbocycles. The average Bonchev–Trinajstić information content (AvgIpc) is 3.11. The van der Waals surface area contributed by atoms with Crippen molar-refractivity contribution in [1.29, 1.82) is 0 Å². The van der Waals surface area contributed by atoms with Crippen LogP contribution in [0.1, 0.15) is 59.1 Å². The van der Waals surface area contributed by atoms with Gasteiger partial charge in [-0.15, -0.1) is 0 Å². The molecule has 0 spiro atoms. The molecule has 4 rings (SSSR count). The van der Waals surface area contributed by atoms with Gasteiger partial charge in [-0.2, -0.15) is 9.97 Å². The minimum absolute atomic E-state index is 0.0921. The molecule has 0 atom stereocenters. The second-order valence-electron chi connectivity index (χ2n) is 12.0. The van der Waals surface area contributed by atoms with Gasteiger partial charge in [-0.05, 0) is 85.3 Å². The predicted octanol–water partition coefficient (Wildman–Crippen LogP) is 7.15. The van der Waals surface area contributed by atoms with Crippen LogP contribution >= 0.6 is 23.2 Å². The third-order valence-corrected chi connectivity index (χ3v) is 8.92. The molecule has 2 aromatic heterocycles. The highest BCUT2D eigenvalue weighted by atomic mass is 35.5. The lowest BCUT2D eigenvalue weighted by molar-refractivity contribution is -0.138. The first-order valence-electron chi connectivity index (χ1n) is 16.8. The van der Waals surface area contributed by atoms with E-state index in [-0.39, 0.29) is 37.8 Å². The lowest BCUT2D eigenvalue weighted by atomic mass is 9.92. The van der Waals surface area contributed by atoms with Crippen molar-refractivity contribution < 1.29 is 38.7 Å². The summed E-state index contributed by atoms with van der Waals surface area (Å²) in [5, 5.41) is 24.7. The van der Waals surface area contributed by atoms with Crippen molar-refractivity contribution in [2.75, 3.05) is 27.3 Å². The largest absolute Gasteiger partial charge is 0.481 e. The molecule has 52 heavy (non-hydrogen) atoms. The average molecular weight is 756 g/mol. The molecule has 0 saturated heterocycles. The van der Waals surface area contributed by atoms with Crippen molar-refractivity contribution in [3.8, 4) is 34.6 Å². The van der Waals surface area contributed by atoms with Gasteiger partial charge in [0.2, 0.25) is 23.5 Å². The Morgan fingerprint density at radius 1 is 0.654 bits per heavy atom. The van der Waals surface area contributed by atoms with Crippen LogP contribution in [0.4, 0.5) is 0 Å². The molecule has 0 saturated carbocycles. The van der Waals surface area contributed by atoms with Crippen LogP contribution in [-0.4, -0.2) is 59.4 Å². The van der Waals surface area contributed by atoms with Gasteiger partial charge in [-0.1, -0.05) is 59.6 Å². The molecule has 0 radical (unpaired) electrons. The molecule has 0 aliphatic carbocycles. The monoisotopic (exact) mass is 754 g/mol. The zero-order valence-corrected chi connectivity index (χ0v) is 31.2. The summed E-state index contributed by atoms with van der Waals surface area (Å²) in [5.41, 5.74) is 7.55. The molecule has 0 aliphatic heterocycles. The van der Waals surface area contributed by atoms with E-state index in [1.54, 1.807) is 12.1 Å². The molecular weight excluding hydrogens is 711 g/mol. The molecule has 0 aliphatic rings. The fourth-order valence-electron chi connectivity index (χ4n) is 5.53. The molecule has 0 bridgehead atoms. The van der Waals surface area contributed by atoms with Gasteiger partial charge >= 0.3 is 11.9 Å². The Morgan fingerprint density at radius 2 is 1.06 bits per heavy atom. The number of carboxylic acids is 2. The van der Waals surface area contributed by atoms with Crippen LogP contribution in [0.2, 0.25) is 10.0 Å². The topological polar surface area (TPSA) is 161 Å². The van der Waals surface area contributed by atoms with E-state index in [0.717, 1.165) is 44.5 Å². The number of aromatic nitrogens is 2. The van der Waals surface area contributed by atoms with Crippen LogP contribution < -0.4 is 29.6 Å². The number of rotatable bonds is 21.